The predicted octanol–water partition coefficient (Wildman–Crippen LogP) is -0.489. The van der Waals surface area contributed by atoms with Gasteiger partial charge in [0.05, 0.1) is 12.1 Å². The Balaban J connectivity index is 2.38. The molecule has 2 N–H and O–H groups in total. The number of nitrogens with zero attached hydrogens (tertiary/aromatic N) is 2. The number of β-amino-alcohol motifs (C(OH)–C–C–N with tert-alkyl or cyclic N) is 1. The number of hydrogen-bond donors (Lipinski definition) is 2. The summed E-state index contributed by atoms with van der Waals surface area (Å²) < 4.78 is 0. The van der Waals surface area contributed by atoms with E-state index in [2.05, 4.69) is 5.32 Å². The van der Waals surface area contributed by atoms with E-state index in [1.807, 2.05) is 30.7 Å². The predicted molar refractivity (Wildman–Crippen MR) is 67.9 cm³/mol. The Morgan fingerprint density at radius 3 is 2.53 bits per heavy atom. The van der Waals surface area contributed by atoms with Crippen molar-refractivity contribution < 1.29 is 9.90 Å². The molecule has 17 heavy (non-hydrogen) atoms. The van der Waals surface area contributed by atoms with Gasteiger partial charge in [0.2, 0.25) is 5.91 Å². The molecule has 0 aromatic carbocycles. The largest absolute Gasteiger partial charge is 0.387 e. The lowest BCUT2D eigenvalue weighted by Gasteiger charge is -2.29. The molecule has 1 amide bonds. The number of hydrogen-bond acceptors (Lipinski definition) is 4. The van der Waals surface area contributed by atoms with E-state index in [1.54, 1.807) is 0 Å². The van der Waals surface area contributed by atoms with Crippen molar-refractivity contribution in [2.24, 2.45) is 0 Å². The summed E-state index contributed by atoms with van der Waals surface area (Å²) in [6, 6.07) is 0. The summed E-state index contributed by atoms with van der Waals surface area (Å²) in [6.07, 6.45) is 0.761. The number of carbonyl (C=O) groups excluding carboxylic acids is 1. The van der Waals surface area contributed by atoms with Gasteiger partial charge in [0.25, 0.3) is 0 Å². The molecule has 1 aliphatic rings. The first-order chi connectivity index (χ1) is 8.00. The molecule has 100 valence electrons. The molecule has 0 bridgehead atoms. The number of rotatable bonds is 6. The van der Waals surface area contributed by atoms with Gasteiger partial charge in [-0.3, -0.25) is 9.69 Å². The fourth-order valence-electron chi connectivity index (χ4n) is 2.33. The van der Waals surface area contributed by atoms with E-state index in [-0.39, 0.29) is 5.91 Å². The number of aliphatic hydroxyl groups is 1. The van der Waals surface area contributed by atoms with Gasteiger partial charge in [0.15, 0.2) is 0 Å². The molecule has 0 saturated carbocycles. The summed E-state index contributed by atoms with van der Waals surface area (Å²) in [5.74, 6) is 0.132. The third-order valence-electron chi connectivity index (χ3n) is 3.31. The van der Waals surface area contributed by atoms with Crippen molar-refractivity contribution in [2.45, 2.75) is 25.9 Å². The van der Waals surface area contributed by atoms with Gasteiger partial charge in [-0.2, -0.15) is 0 Å². The van der Waals surface area contributed by atoms with Crippen LogP contribution in [-0.2, 0) is 4.79 Å². The first-order valence-corrected chi connectivity index (χ1v) is 6.40. The first-order valence-electron chi connectivity index (χ1n) is 6.40. The number of likely N-dealkylation sites (N-methyl/N-ethyl adjacent to an activating group) is 2. The molecule has 5 nitrogen and oxygen atoms in total. The highest BCUT2D eigenvalue weighted by Crippen LogP contribution is 2.15. The van der Waals surface area contributed by atoms with Gasteiger partial charge in [-0.1, -0.05) is 0 Å². The van der Waals surface area contributed by atoms with E-state index in [1.165, 1.54) is 0 Å². The van der Waals surface area contributed by atoms with Gasteiger partial charge in [-0.25, -0.2) is 0 Å². The molecule has 1 saturated heterocycles. The maximum absolute atomic E-state index is 11.9. The minimum absolute atomic E-state index is 0.132. The summed E-state index contributed by atoms with van der Waals surface area (Å²) in [6.45, 7) is 7.86. The molecule has 0 aromatic heterocycles. The fourth-order valence-corrected chi connectivity index (χ4v) is 2.33. The van der Waals surface area contributed by atoms with Crippen molar-refractivity contribution in [2.75, 3.05) is 46.3 Å². The van der Waals surface area contributed by atoms with Crippen LogP contribution in [0.4, 0.5) is 0 Å². The van der Waals surface area contributed by atoms with Crippen LogP contribution in [0.5, 0.6) is 0 Å². The Morgan fingerprint density at radius 1 is 1.41 bits per heavy atom. The van der Waals surface area contributed by atoms with E-state index in [4.69, 9.17) is 0 Å². The summed E-state index contributed by atoms with van der Waals surface area (Å²) >= 11 is 0. The van der Waals surface area contributed by atoms with Crippen LogP contribution in [0, 0.1) is 0 Å². The van der Waals surface area contributed by atoms with Crippen molar-refractivity contribution in [1.29, 1.82) is 0 Å². The Labute approximate surface area is 104 Å². The molecule has 1 unspecified atom stereocenters. The van der Waals surface area contributed by atoms with Gasteiger partial charge in [0.1, 0.15) is 0 Å². The topological polar surface area (TPSA) is 55.8 Å². The molecule has 0 radical (unpaired) electrons. The minimum Gasteiger partial charge on any atom is -0.387 e. The highest BCUT2D eigenvalue weighted by atomic mass is 16.3. The van der Waals surface area contributed by atoms with Crippen LogP contribution in [0.15, 0.2) is 0 Å². The second-order valence-corrected chi connectivity index (χ2v) is 4.89. The molecule has 1 atom stereocenters. The summed E-state index contributed by atoms with van der Waals surface area (Å²) in [7, 11) is 1.89. The second kappa shape index (κ2) is 6.33. The maximum Gasteiger partial charge on any atom is 0.236 e. The number of carbonyl (C=O) groups is 1. The number of amides is 1. The van der Waals surface area contributed by atoms with Crippen LogP contribution in [0.2, 0.25) is 0 Å². The third-order valence-corrected chi connectivity index (χ3v) is 3.31. The SMILES string of the molecule is CCN(CC)C(=O)CN(C)CC1(O)CCNC1. The van der Waals surface area contributed by atoms with Crippen molar-refractivity contribution in [1.82, 2.24) is 15.1 Å². The Bertz CT molecular complexity index is 248. The second-order valence-electron chi connectivity index (χ2n) is 4.89. The van der Waals surface area contributed by atoms with Crippen LogP contribution in [-0.4, -0.2) is 72.7 Å². The minimum atomic E-state index is -0.668. The lowest BCUT2D eigenvalue weighted by molar-refractivity contribution is -0.132. The van der Waals surface area contributed by atoms with Crippen LogP contribution < -0.4 is 5.32 Å². The molecule has 1 aliphatic heterocycles. The lowest BCUT2D eigenvalue weighted by Crippen LogP contribution is -2.47. The van der Waals surface area contributed by atoms with E-state index >= 15 is 0 Å². The summed E-state index contributed by atoms with van der Waals surface area (Å²) in [5, 5.41) is 13.3. The molecule has 1 heterocycles. The van der Waals surface area contributed by atoms with Crippen molar-refractivity contribution in [3.05, 3.63) is 0 Å². The van der Waals surface area contributed by atoms with Gasteiger partial charge in [-0.15, -0.1) is 0 Å². The lowest BCUT2D eigenvalue weighted by atomic mass is 10.0. The first kappa shape index (κ1) is 14.4. The smallest absolute Gasteiger partial charge is 0.236 e. The normalized spacial score (nSPS) is 24.3. The standard InChI is InChI=1S/C12H25N3O2/c1-4-15(5-2)11(16)8-14(3)10-12(17)6-7-13-9-12/h13,17H,4-10H2,1-3H3. The number of nitrogens with one attached hydrogen (secondary N) is 1. The zero-order chi connectivity index (χ0) is 12.9. The van der Waals surface area contributed by atoms with Crippen LogP contribution in [0.3, 0.4) is 0 Å². The van der Waals surface area contributed by atoms with Gasteiger partial charge >= 0.3 is 0 Å². The average molecular weight is 243 g/mol. The summed E-state index contributed by atoms with van der Waals surface area (Å²) in [4.78, 5) is 15.6. The van der Waals surface area contributed by atoms with Crippen LogP contribution in [0.1, 0.15) is 20.3 Å². The van der Waals surface area contributed by atoms with E-state index in [0.717, 1.165) is 26.1 Å². The van der Waals surface area contributed by atoms with Gasteiger partial charge in [0, 0.05) is 26.2 Å². The molecular weight excluding hydrogens is 218 g/mol. The summed E-state index contributed by atoms with van der Waals surface area (Å²) in [5.41, 5.74) is -0.668. The van der Waals surface area contributed by atoms with Crippen LogP contribution >= 0.6 is 0 Å². The van der Waals surface area contributed by atoms with Crippen molar-refractivity contribution >= 4 is 5.91 Å². The Kier molecular flexibility index (Phi) is 5.36. The molecule has 0 aliphatic carbocycles. The fraction of sp³-hybridized carbons (Fsp3) is 0.917. The highest BCUT2D eigenvalue weighted by Gasteiger charge is 2.32. The monoisotopic (exact) mass is 243 g/mol. The molecule has 1 fully saturated rings. The van der Waals surface area contributed by atoms with Gasteiger partial charge in [-0.05, 0) is 33.9 Å². The molecule has 0 aromatic rings. The maximum atomic E-state index is 11.9. The average Bonchev–Trinajstić information content (AvgIpc) is 2.66. The van der Waals surface area contributed by atoms with Crippen molar-refractivity contribution in [3.8, 4) is 0 Å². The molecular formula is C12H25N3O2. The third kappa shape index (κ3) is 4.26. The molecule has 1 rings (SSSR count). The zero-order valence-corrected chi connectivity index (χ0v) is 11.2. The van der Waals surface area contributed by atoms with Crippen molar-refractivity contribution in [3.63, 3.8) is 0 Å². The van der Waals surface area contributed by atoms with E-state index < -0.39 is 5.60 Å². The Hall–Kier alpha value is -0.650. The van der Waals surface area contributed by atoms with E-state index in [9.17, 15) is 9.90 Å². The zero-order valence-electron chi connectivity index (χ0n) is 11.2. The molecule has 5 heteroatoms. The quantitative estimate of drug-likeness (QED) is 0.661. The highest BCUT2D eigenvalue weighted by molar-refractivity contribution is 5.78. The Morgan fingerprint density at radius 2 is 2.06 bits per heavy atom. The van der Waals surface area contributed by atoms with E-state index in [0.29, 0.717) is 19.6 Å². The molecule has 0 spiro atoms. The van der Waals surface area contributed by atoms with Crippen LogP contribution in [0.25, 0.3) is 0 Å². The van der Waals surface area contributed by atoms with Gasteiger partial charge < -0.3 is 15.3 Å².